The van der Waals surface area contributed by atoms with Crippen LogP contribution in [-0.2, 0) is 11.2 Å². The van der Waals surface area contributed by atoms with E-state index in [4.69, 9.17) is 4.74 Å². The van der Waals surface area contributed by atoms with E-state index in [1.807, 2.05) is 6.07 Å². The fourth-order valence-electron chi connectivity index (χ4n) is 2.40. The van der Waals surface area contributed by atoms with Crippen molar-refractivity contribution in [3.63, 3.8) is 0 Å². The Bertz CT molecular complexity index is 398. The first-order chi connectivity index (χ1) is 8.99. The number of likely N-dealkylation sites (N-methyl/N-ethyl adjacent to an activating group) is 1. The van der Waals surface area contributed by atoms with E-state index in [1.54, 1.807) is 13.2 Å². The minimum Gasteiger partial charge on any atom is -0.380 e. The van der Waals surface area contributed by atoms with E-state index < -0.39 is 0 Å². The number of hydrogen-bond donors (Lipinski definition) is 1. The summed E-state index contributed by atoms with van der Waals surface area (Å²) in [5.41, 5.74) is 0.711. The van der Waals surface area contributed by atoms with Gasteiger partial charge in [0.15, 0.2) is 0 Å². The van der Waals surface area contributed by atoms with Crippen LogP contribution in [0.2, 0.25) is 0 Å². The number of ether oxygens (including phenoxy) is 1. The molecule has 0 saturated heterocycles. The van der Waals surface area contributed by atoms with E-state index in [0.717, 1.165) is 11.0 Å². The monoisotopic (exact) mass is 331 g/mol. The number of benzene rings is 1. The van der Waals surface area contributed by atoms with E-state index in [9.17, 15) is 4.39 Å². The van der Waals surface area contributed by atoms with Crippen molar-refractivity contribution in [3.8, 4) is 0 Å². The quantitative estimate of drug-likeness (QED) is 0.820. The van der Waals surface area contributed by atoms with Gasteiger partial charge >= 0.3 is 0 Å². The van der Waals surface area contributed by atoms with Crippen molar-refractivity contribution in [2.75, 3.05) is 13.7 Å². The molecular formula is C15H23BrFNO. The van der Waals surface area contributed by atoms with Crippen LogP contribution in [0.15, 0.2) is 22.7 Å². The Morgan fingerprint density at radius 2 is 2.05 bits per heavy atom. The van der Waals surface area contributed by atoms with Crippen molar-refractivity contribution in [2.24, 2.45) is 5.92 Å². The third-order valence-corrected chi connectivity index (χ3v) is 3.73. The number of hydrogen-bond acceptors (Lipinski definition) is 2. The van der Waals surface area contributed by atoms with Gasteiger partial charge in [-0.15, -0.1) is 0 Å². The van der Waals surface area contributed by atoms with E-state index in [1.165, 1.54) is 6.07 Å². The Morgan fingerprint density at radius 1 is 1.37 bits per heavy atom. The standard InChI is InChI=1S/C15H23BrFNO/c1-5-18-14(15(19-4)10(2)3)9-11-8-12(16)6-7-13(11)17/h6-8,10,14-15,18H,5,9H2,1-4H3. The summed E-state index contributed by atoms with van der Waals surface area (Å²) < 4.78 is 20.3. The molecule has 0 aromatic heterocycles. The highest BCUT2D eigenvalue weighted by atomic mass is 79.9. The molecule has 2 unspecified atom stereocenters. The molecule has 0 bridgehead atoms. The van der Waals surface area contributed by atoms with Crippen molar-refractivity contribution in [1.82, 2.24) is 5.32 Å². The first-order valence-electron chi connectivity index (χ1n) is 6.69. The van der Waals surface area contributed by atoms with Gasteiger partial charge in [0.05, 0.1) is 6.10 Å². The summed E-state index contributed by atoms with van der Waals surface area (Å²) in [5.74, 6) is 0.217. The van der Waals surface area contributed by atoms with Gasteiger partial charge in [0.1, 0.15) is 5.82 Å². The molecule has 4 heteroatoms. The second-order valence-corrected chi connectivity index (χ2v) is 5.96. The largest absolute Gasteiger partial charge is 0.380 e. The molecule has 0 aliphatic rings. The van der Waals surface area contributed by atoms with Gasteiger partial charge in [0.25, 0.3) is 0 Å². The normalized spacial score (nSPS) is 14.7. The van der Waals surface area contributed by atoms with Crippen molar-refractivity contribution in [3.05, 3.63) is 34.1 Å². The lowest BCUT2D eigenvalue weighted by Crippen LogP contribution is -2.45. The van der Waals surface area contributed by atoms with Gasteiger partial charge in [-0.05, 0) is 42.6 Å². The molecule has 1 aromatic rings. The number of methoxy groups -OCH3 is 1. The summed E-state index contributed by atoms with van der Waals surface area (Å²) >= 11 is 3.39. The fourth-order valence-corrected chi connectivity index (χ4v) is 2.81. The highest BCUT2D eigenvalue weighted by Crippen LogP contribution is 2.20. The summed E-state index contributed by atoms with van der Waals surface area (Å²) in [4.78, 5) is 0. The lowest BCUT2D eigenvalue weighted by Gasteiger charge is -2.30. The van der Waals surface area contributed by atoms with E-state index in [0.29, 0.717) is 17.9 Å². The van der Waals surface area contributed by atoms with Gasteiger partial charge in [-0.2, -0.15) is 0 Å². The second kappa shape index (κ2) is 7.98. The third-order valence-electron chi connectivity index (χ3n) is 3.24. The molecule has 0 fully saturated rings. The number of nitrogens with one attached hydrogen (secondary N) is 1. The van der Waals surface area contributed by atoms with Gasteiger partial charge in [0.2, 0.25) is 0 Å². The summed E-state index contributed by atoms with van der Waals surface area (Å²) in [7, 11) is 1.71. The Labute approximate surface area is 123 Å². The molecule has 1 N–H and O–H groups in total. The van der Waals surface area contributed by atoms with Crippen LogP contribution >= 0.6 is 15.9 Å². The van der Waals surface area contributed by atoms with Gasteiger partial charge in [-0.25, -0.2) is 4.39 Å². The number of halogens is 2. The molecule has 0 radical (unpaired) electrons. The van der Waals surface area contributed by atoms with Crippen LogP contribution in [0.3, 0.4) is 0 Å². The first kappa shape index (κ1) is 16.6. The Hall–Kier alpha value is -0.450. The smallest absolute Gasteiger partial charge is 0.126 e. The summed E-state index contributed by atoms with van der Waals surface area (Å²) in [6.07, 6.45) is 0.689. The molecule has 0 spiro atoms. The minimum atomic E-state index is -0.162. The zero-order valence-corrected chi connectivity index (χ0v) is 13.6. The minimum absolute atomic E-state index is 0.0679. The summed E-state index contributed by atoms with van der Waals surface area (Å²) in [5, 5.41) is 3.40. The third kappa shape index (κ3) is 4.86. The highest BCUT2D eigenvalue weighted by molar-refractivity contribution is 9.10. The highest BCUT2D eigenvalue weighted by Gasteiger charge is 2.24. The van der Waals surface area contributed by atoms with E-state index in [-0.39, 0.29) is 18.0 Å². The maximum Gasteiger partial charge on any atom is 0.126 e. The van der Waals surface area contributed by atoms with Crippen LogP contribution in [0.25, 0.3) is 0 Å². The molecule has 2 nitrogen and oxygen atoms in total. The lowest BCUT2D eigenvalue weighted by atomic mass is 9.93. The molecule has 0 heterocycles. The lowest BCUT2D eigenvalue weighted by molar-refractivity contribution is 0.0335. The van der Waals surface area contributed by atoms with Crippen molar-refractivity contribution in [1.29, 1.82) is 0 Å². The number of rotatable bonds is 7. The second-order valence-electron chi connectivity index (χ2n) is 5.05. The van der Waals surface area contributed by atoms with Crippen LogP contribution in [0.5, 0.6) is 0 Å². The van der Waals surface area contributed by atoms with Crippen LogP contribution in [0.1, 0.15) is 26.3 Å². The van der Waals surface area contributed by atoms with E-state index >= 15 is 0 Å². The Kier molecular flexibility index (Phi) is 6.97. The predicted molar refractivity (Wildman–Crippen MR) is 80.9 cm³/mol. The topological polar surface area (TPSA) is 21.3 Å². The maximum atomic E-state index is 13.8. The summed E-state index contributed by atoms with van der Waals surface area (Å²) in [6.45, 7) is 7.13. The molecular weight excluding hydrogens is 309 g/mol. The van der Waals surface area contributed by atoms with Crippen molar-refractivity contribution < 1.29 is 9.13 Å². The SMILES string of the molecule is CCNC(Cc1cc(Br)ccc1F)C(OC)C(C)C. The van der Waals surface area contributed by atoms with Crippen molar-refractivity contribution >= 4 is 15.9 Å². The molecule has 0 aliphatic carbocycles. The molecule has 108 valence electrons. The van der Waals surface area contributed by atoms with E-state index in [2.05, 4.69) is 42.0 Å². The van der Waals surface area contributed by atoms with Crippen LogP contribution in [0, 0.1) is 11.7 Å². The van der Waals surface area contributed by atoms with Gasteiger partial charge in [-0.1, -0.05) is 36.7 Å². The Balaban J connectivity index is 2.91. The fraction of sp³-hybridized carbons (Fsp3) is 0.600. The molecule has 19 heavy (non-hydrogen) atoms. The Morgan fingerprint density at radius 3 is 2.58 bits per heavy atom. The average Bonchev–Trinajstić information content (AvgIpc) is 2.34. The first-order valence-corrected chi connectivity index (χ1v) is 7.49. The average molecular weight is 332 g/mol. The molecule has 2 atom stereocenters. The predicted octanol–water partition coefficient (Wildman–Crippen LogP) is 3.78. The van der Waals surface area contributed by atoms with Gasteiger partial charge in [0, 0.05) is 17.6 Å². The van der Waals surface area contributed by atoms with Crippen LogP contribution in [0.4, 0.5) is 4.39 Å². The van der Waals surface area contributed by atoms with Crippen molar-refractivity contribution in [2.45, 2.75) is 39.3 Å². The zero-order chi connectivity index (χ0) is 14.4. The van der Waals surface area contributed by atoms with Gasteiger partial charge in [-0.3, -0.25) is 0 Å². The molecule has 0 amide bonds. The maximum absolute atomic E-state index is 13.8. The van der Waals surface area contributed by atoms with Crippen LogP contribution < -0.4 is 5.32 Å². The molecule has 0 aliphatic heterocycles. The van der Waals surface area contributed by atoms with Gasteiger partial charge < -0.3 is 10.1 Å². The molecule has 1 rings (SSSR count). The summed E-state index contributed by atoms with van der Waals surface area (Å²) in [6, 6.07) is 5.17. The molecule has 1 aromatic carbocycles. The van der Waals surface area contributed by atoms with Crippen LogP contribution in [-0.4, -0.2) is 25.8 Å². The zero-order valence-electron chi connectivity index (χ0n) is 12.0. The molecule has 0 saturated carbocycles.